The lowest BCUT2D eigenvalue weighted by molar-refractivity contribution is 0.166. The molecule has 1 aromatic rings. The predicted molar refractivity (Wildman–Crippen MR) is 68.4 cm³/mol. The van der Waals surface area contributed by atoms with Gasteiger partial charge in [0.25, 0.3) is 0 Å². The Hall–Kier alpha value is -1.70. The predicted octanol–water partition coefficient (Wildman–Crippen LogP) is 3.85. The Morgan fingerprint density at radius 3 is 2.59 bits per heavy atom. The lowest BCUT2D eigenvalue weighted by atomic mass is 10.0. The standard InChI is InChI=1S/C15H18NO/c1-13(17)16(15-10-6-3-7-11-15)12-14-8-4-2-5-9-14/h2,4-5,8-10H,1,3,6-7,11-12H2. The van der Waals surface area contributed by atoms with Gasteiger partial charge in [-0.1, -0.05) is 36.4 Å². The molecule has 1 aliphatic rings. The second kappa shape index (κ2) is 5.58. The molecule has 0 fully saturated rings. The second-order valence-corrected chi connectivity index (χ2v) is 4.41. The molecule has 1 aromatic carbocycles. The summed E-state index contributed by atoms with van der Waals surface area (Å²) in [7, 11) is 0. The van der Waals surface area contributed by atoms with Crippen LogP contribution in [0.25, 0.3) is 0 Å². The Morgan fingerprint density at radius 2 is 2.00 bits per heavy atom. The van der Waals surface area contributed by atoms with E-state index in [0.29, 0.717) is 6.54 Å². The fourth-order valence-corrected chi connectivity index (χ4v) is 2.18. The molecule has 89 valence electrons. The van der Waals surface area contributed by atoms with Crippen LogP contribution in [0.3, 0.4) is 0 Å². The number of rotatable bonds is 4. The average Bonchev–Trinajstić information content (AvgIpc) is 2.38. The third kappa shape index (κ3) is 3.13. The summed E-state index contributed by atoms with van der Waals surface area (Å²) in [6.45, 7) is 4.19. The van der Waals surface area contributed by atoms with E-state index in [9.17, 15) is 5.11 Å². The summed E-state index contributed by atoms with van der Waals surface area (Å²) in [5.74, 6) is -0.109. The molecule has 0 amide bonds. The summed E-state index contributed by atoms with van der Waals surface area (Å²) >= 11 is 0. The maximum atomic E-state index is 11.6. The van der Waals surface area contributed by atoms with Gasteiger partial charge in [0.2, 0.25) is 5.88 Å². The normalized spacial score (nSPS) is 15.2. The van der Waals surface area contributed by atoms with Crippen LogP contribution in [0.1, 0.15) is 31.2 Å². The van der Waals surface area contributed by atoms with Crippen molar-refractivity contribution in [2.75, 3.05) is 0 Å². The fourth-order valence-electron chi connectivity index (χ4n) is 2.18. The number of allylic oxidation sites excluding steroid dienone is 2. The van der Waals surface area contributed by atoms with E-state index in [2.05, 4.69) is 12.7 Å². The van der Waals surface area contributed by atoms with Crippen LogP contribution in [0, 0.1) is 0 Å². The molecule has 0 N–H and O–H groups in total. The Bertz CT molecular complexity index is 408. The van der Waals surface area contributed by atoms with E-state index in [1.165, 1.54) is 12.8 Å². The molecular formula is C15H18NO. The molecule has 1 radical (unpaired) electrons. The highest BCUT2D eigenvalue weighted by molar-refractivity contribution is 5.18. The molecule has 0 aromatic heterocycles. The largest absolute Gasteiger partial charge is 0.309 e. The Balaban J connectivity index is 2.13. The molecule has 1 aliphatic carbocycles. The van der Waals surface area contributed by atoms with Crippen molar-refractivity contribution in [1.82, 2.24) is 4.90 Å². The van der Waals surface area contributed by atoms with Gasteiger partial charge in [0, 0.05) is 5.70 Å². The van der Waals surface area contributed by atoms with Gasteiger partial charge in [-0.25, -0.2) is 0 Å². The Morgan fingerprint density at radius 1 is 1.24 bits per heavy atom. The van der Waals surface area contributed by atoms with Gasteiger partial charge in [0.05, 0.1) is 6.54 Å². The van der Waals surface area contributed by atoms with E-state index in [1.54, 1.807) is 4.90 Å². The van der Waals surface area contributed by atoms with Crippen molar-refractivity contribution in [2.24, 2.45) is 0 Å². The molecule has 2 rings (SSSR count). The van der Waals surface area contributed by atoms with Gasteiger partial charge < -0.3 is 4.90 Å². The van der Waals surface area contributed by atoms with Crippen molar-refractivity contribution in [1.29, 1.82) is 0 Å². The second-order valence-electron chi connectivity index (χ2n) is 4.41. The van der Waals surface area contributed by atoms with E-state index < -0.39 is 0 Å². The minimum atomic E-state index is -0.109. The number of hydrogen-bond acceptors (Lipinski definition) is 1. The van der Waals surface area contributed by atoms with Crippen molar-refractivity contribution in [3.05, 3.63) is 60.1 Å². The summed E-state index contributed by atoms with van der Waals surface area (Å²) in [4.78, 5) is 1.80. The van der Waals surface area contributed by atoms with Crippen LogP contribution in [-0.4, -0.2) is 4.90 Å². The summed E-state index contributed by atoms with van der Waals surface area (Å²) in [6, 6.07) is 10.1. The van der Waals surface area contributed by atoms with Gasteiger partial charge in [0.1, 0.15) is 0 Å². The summed E-state index contributed by atoms with van der Waals surface area (Å²) in [6.07, 6.45) is 6.65. The zero-order valence-corrected chi connectivity index (χ0v) is 10.1. The Labute approximate surface area is 103 Å². The smallest absolute Gasteiger partial charge is 0.243 e. The van der Waals surface area contributed by atoms with Gasteiger partial charge >= 0.3 is 0 Å². The molecule has 0 aliphatic heterocycles. The van der Waals surface area contributed by atoms with E-state index in [1.807, 2.05) is 30.3 Å². The maximum Gasteiger partial charge on any atom is 0.243 e. The minimum absolute atomic E-state index is 0.109. The first-order chi connectivity index (χ1) is 8.27. The lowest BCUT2D eigenvalue weighted by Crippen LogP contribution is -2.22. The summed E-state index contributed by atoms with van der Waals surface area (Å²) in [5.41, 5.74) is 2.29. The molecule has 0 saturated carbocycles. The zero-order chi connectivity index (χ0) is 12.1. The summed E-state index contributed by atoms with van der Waals surface area (Å²) in [5, 5.41) is 11.6. The van der Waals surface area contributed by atoms with Gasteiger partial charge in [0.15, 0.2) is 0 Å². The van der Waals surface area contributed by atoms with Crippen molar-refractivity contribution < 1.29 is 5.11 Å². The molecule has 2 heteroatoms. The highest BCUT2D eigenvalue weighted by Crippen LogP contribution is 2.25. The molecule has 0 heterocycles. The third-order valence-electron chi connectivity index (χ3n) is 3.10. The Kier molecular flexibility index (Phi) is 3.86. The maximum absolute atomic E-state index is 11.6. The molecule has 0 bridgehead atoms. The number of hydrogen-bond donors (Lipinski definition) is 0. The minimum Gasteiger partial charge on any atom is -0.309 e. The highest BCUT2D eigenvalue weighted by Gasteiger charge is 2.16. The molecule has 0 unspecified atom stereocenters. The van der Waals surface area contributed by atoms with Gasteiger partial charge in [-0.15, -0.1) is 0 Å². The van der Waals surface area contributed by atoms with Crippen LogP contribution in [0.5, 0.6) is 0 Å². The number of benzene rings is 1. The highest BCUT2D eigenvalue weighted by atomic mass is 16.3. The lowest BCUT2D eigenvalue weighted by Gasteiger charge is -2.26. The first-order valence-corrected chi connectivity index (χ1v) is 6.14. The van der Waals surface area contributed by atoms with Crippen molar-refractivity contribution in [3.8, 4) is 0 Å². The van der Waals surface area contributed by atoms with Crippen LogP contribution < -0.4 is 0 Å². The zero-order valence-electron chi connectivity index (χ0n) is 10.1. The van der Waals surface area contributed by atoms with Gasteiger partial charge in [-0.2, -0.15) is 0 Å². The van der Waals surface area contributed by atoms with Crippen LogP contribution in [0.4, 0.5) is 0 Å². The van der Waals surface area contributed by atoms with E-state index in [0.717, 1.165) is 24.1 Å². The average molecular weight is 228 g/mol. The topological polar surface area (TPSA) is 23.1 Å². The van der Waals surface area contributed by atoms with Crippen LogP contribution in [-0.2, 0) is 11.7 Å². The van der Waals surface area contributed by atoms with Crippen molar-refractivity contribution >= 4 is 0 Å². The molecular weight excluding hydrogens is 210 g/mol. The quantitative estimate of drug-likeness (QED) is 0.718. The van der Waals surface area contributed by atoms with E-state index in [-0.39, 0.29) is 5.88 Å². The SMILES string of the molecule is C=C([O])N(Cc1ccccc1)C1=CCCCC1. The van der Waals surface area contributed by atoms with Crippen LogP contribution in [0.15, 0.2) is 54.6 Å². The number of nitrogens with zero attached hydrogens (tertiary/aromatic N) is 1. The third-order valence-corrected chi connectivity index (χ3v) is 3.10. The van der Waals surface area contributed by atoms with Crippen molar-refractivity contribution in [3.63, 3.8) is 0 Å². The van der Waals surface area contributed by atoms with Gasteiger partial charge in [-0.05, 0) is 37.8 Å². The molecule has 0 spiro atoms. The summed E-state index contributed by atoms with van der Waals surface area (Å²) < 4.78 is 0. The van der Waals surface area contributed by atoms with E-state index >= 15 is 0 Å². The van der Waals surface area contributed by atoms with Crippen LogP contribution >= 0.6 is 0 Å². The molecule has 0 atom stereocenters. The van der Waals surface area contributed by atoms with Crippen LogP contribution in [0.2, 0.25) is 0 Å². The first-order valence-electron chi connectivity index (χ1n) is 6.14. The van der Waals surface area contributed by atoms with E-state index in [4.69, 9.17) is 0 Å². The molecule has 17 heavy (non-hydrogen) atoms. The van der Waals surface area contributed by atoms with Gasteiger partial charge in [-0.3, -0.25) is 5.11 Å². The van der Waals surface area contributed by atoms with Crippen molar-refractivity contribution in [2.45, 2.75) is 32.2 Å². The monoisotopic (exact) mass is 228 g/mol. The first kappa shape index (κ1) is 11.8. The molecule has 2 nitrogen and oxygen atoms in total. The molecule has 0 saturated heterocycles. The fraction of sp³-hybridized carbons (Fsp3) is 0.333.